The lowest BCUT2D eigenvalue weighted by Crippen LogP contribution is -2.24. The van der Waals surface area contributed by atoms with E-state index in [0.717, 1.165) is 66.0 Å². The van der Waals surface area contributed by atoms with Gasteiger partial charge in [0.2, 0.25) is 0 Å². The monoisotopic (exact) mass is 392 g/mol. The maximum absolute atomic E-state index is 6.29. The molecule has 3 aromatic rings. The number of hydrogen-bond donors (Lipinski definition) is 0. The van der Waals surface area contributed by atoms with Gasteiger partial charge in [0.15, 0.2) is 0 Å². The molecule has 1 heterocycles. The van der Waals surface area contributed by atoms with E-state index >= 15 is 0 Å². The highest BCUT2D eigenvalue weighted by atomic mass is 16.5. The Balaban J connectivity index is 2.02. The van der Waals surface area contributed by atoms with Crippen molar-refractivity contribution in [2.24, 2.45) is 4.99 Å². The van der Waals surface area contributed by atoms with Crippen molar-refractivity contribution < 1.29 is 9.15 Å². The number of fused-ring (bicyclic) bond motifs is 1. The molecule has 0 aliphatic carbocycles. The van der Waals surface area contributed by atoms with Gasteiger partial charge in [-0.15, -0.1) is 0 Å². The first-order valence-corrected chi connectivity index (χ1v) is 10.5. The number of ether oxygens (including phenoxy) is 1. The number of methoxy groups -OCH3 is 1. The molecule has 0 fully saturated rings. The topological polar surface area (TPSA) is 38.0 Å². The standard InChI is InChI=1S/C25H32N2O2/c1-6-27(7-2)14-8-13-26-22-17-23(20-9-11-21(28-5)12-10-20)29-24-16-18(3)15-19(4)25(22)24/h9-12,15-17H,6-8,13-14H2,1-5H3. The van der Waals surface area contributed by atoms with E-state index in [-0.39, 0.29) is 0 Å². The van der Waals surface area contributed by atoms with Gasteiger partial charge in [-0.25, -0.2) is 0 Å². The fourth-order valence-corrected chi connectivity index (χ4v) is 3.74. The van der Waals surface area contributed by atoms with Crippen LogP contribution < -0.4 is 10.1 Å². The molecular weight excluding hydrogens is 360 g/mol. The van der Waals surface area contributed by atoms with E-state index < -0.39 is 0 Å². The van der Waals surface area contributed by atoms with Crippen LogP contribution in [0.1, 0.15) is 31.4 Å². The van der Waals surface area contributed by atoms with Gasteiger partial charge in [-0.1, -0.05) is 19.9 Å². The van der Waals surface area contributed by atoms with E-state index in [1.54, 1.807) is 7.11 Å². The minimum Gasteiger partial charge on any atom is -0.497 e. The van der Waals surface area contributed by atoms with Crippen LogP contribution in [0.5, 0.6) is 5.75 Å². The third-order valence-electron chi connectivity index (χ3n) is 5.37. The highest BCUT2D eigenvalue weighted by Crippen LogP contribution is 2.26. The molecule has 0 saturated carbocycles. The maximum atomic E-state index is 6.29. The van der Waals surface area contributed by atoms with Gasteiger partial charge in [-0.3, -0.25) is 4.99 Å². The van der Waals surface area contributed by atoms with Crippen LogP contribution in [0.15, 0.2) is 51.9 Å². The molecule has 4 nitrogen and oxygen atoms in total. The van der Waals surface area contributed by atoms with Gasteiger partial charge < -0.3 is 14.1 Å². The number of rotatable bonds is 8. The molecule has 0 aliphatic heterocycles. The largest absolute Gasteiger partial charge is 0.497 e. The summed E-state index contributed by atoms with van der Waals surface area (Å²) in [5.74, 6) is 1.66. The third-order valence-corrected chi connectivity index (χ3v) is 5.37. The van der Waals surface area contributed by atoms with Crippen LogP contribution >= 0.6 is 0 Å². The molecule has 0 spiro atoms. The van der Waals surface area contributed by atoms with E-state index in [9.17, 15) is 0 Å². The lowest BCUT2D eigenvalue weighted by molar-refractivity contribution is 0.301. The minimum absolute atomic E-state index is 0.810. The molecule has 0 unspecified atom stereocenters. The molecule has 4 heteroatoms. The molecule has 1 aromatic heterocycles. The fraction of sp³-hybridized carbons (Fsp3) is 0.400. The molecule has 0 N–H and O–H groups in total. The molecule has 3 rings (SSSR count). The predicted octanol–water partition coefficient (Wildman–Crippen LogP) is 5.36. The number of benzene rings is 2. The Labute approximate surface area is 173 Å². The Kier molecular flexibility index (Phi) is 7.10. The molecule has 154 valence electrons. The second-order valence-corrected chi connectivity index (χ2v) is 7.44. The zero-order valence-corrected chi connectivity index (χ0v) is 18.3. The summed E-state index contributed by atoms with van der Waals surface area (Å²) in [7, 11) is 1.68. The molecule has 2 aromatic carbocycles. The lowest BCUT2D eigenvalue weighted by Gasteiger charge is -2.16. The van der Waals surface area contributed by atoms with Gasteiger partial charge in [0.25, 0.3) is 0 Å². The van der Waals surface area contributed by atoms with Gasteiger partial charge in [0.1, 0.15) is 17.1 Å². The number of nitrogens with zero attached hydrogens (tertiary/aromatic N) is 2. The van der Waals surface area contributed by atoms with Crippen molar-refractivity contribution in [2.75, 3.05) is 33.3 Å². The Hall–Kier alpha value is -2.59. The average Bonchev–Trinajstić information content (AvgIpc) is 2.73. The SMILES string of the molecule is CCN(CC)CCCN=c1cc(-c2ccc(OC)cc2)oc2cc(C)cc(C)c12. The number of aryl methyl sites for hydroxylation is 2. The molecule has 0 radical (unpaired) electrons. The Morgan fingerprint density at radius 3 is 2.38 bits per heavy atom. The van der Waals surface area contributed by atoms with Crippen LogP contribution in [0, 0.1) is 13.8 Å². The van der Waals surface area contributed by atoms with E-state index in [1.165, 1.54) is 11.1 Å². The first-order valence-electron chi connectivity index (χ1n) is 10.5. The zero-order chi connectivity index (χ0) is 20.8. The Morgan fingerprint density at radius 2 is 1.72 bits per heavy atom. The van der Waals surface area contributed by atoms with Crippen molar-refractivity contribution in [3.05, 3.63) is 58.9 Å². The quantitative estimate of drug-likeness (QED) is 0.485. The lowest BCUT2D eigenvalue weighted by atomic mass is 10.0. The molecule has 0 aliphatic rings. The van der Waals surface area contributed by atoms with Crippen molar-refractivity contribution in [3.8, 4) is 17.1 Å². The van der Waals surface area contributed by atoms with Crippen LogP contribution in [-0.2, 0) is 0 Å². The highest BCUT2D eigenvalue weighted by Gasteiger charge is 2.09. The molecule has 0 atom stereocenters. The predicted molar refractivity (Wildman–Crippen MR) is 121 cm³/mol. The summed E-state index contributed by atoms with van der Waals surface area (Å²) in [4.78, 5) is 7.41. The fourth-order valence-electron chi connectivity index (χ4n) is 3.74. The zero-order valence-electron chi connectivity index (χ0n) is 18.3. The smallest absolute Gasteiger partial charge is 0.137 e. The van der Waals surface area contributed by atoms with Gasteiger partial charge >= 0.3 is 0 Å². The second kappa shape index (κ2) is 9.75. The minimum atomic E-state index is 0.810. The summed E-state index contributed by atoms with van der Waals surface area (Å²) in [5.41, 5.74) is 4.30. The van der Waals surface area contributed by atoms with Crippen molar-refractivity contribution in [3.63, 3.8) is 0 Å². The highest BCUT2D eigenvalue weighted by molar-refractivity contribution is 5.82. The molecule has 0 amide bonds. The van der Waals surface area contributed by atoms with E-state index in [0.29, 0.717) is 0 Å². The number of hydrogen-bond acceptors (Lipinski definition) is 4. The summed E-state index contributed by atoms with van der Waals surface area (Å²) in [5, 5.41) is 2.12. The Morgan fingerprint density at radius 1 is 1.00 bits per heavy atom. The molecule has 0 bridgehead atoms. The van der Waals surface area contributed by atoms with Crippen LogP contribution in [0.2, 0.25) is 0 Å². The van der Waals surface area contributed by atoms with Gasteiger partial charge in [-0.05, 0) is 81.4 Å². The summed E-state index contributed by atoms with van der Waals surface area (Å²) < 4.78 is 11.6. The Bertz CT molecular complexity index is 1020. The summed E-state index contributed by atoms with van der Waals surface area (Å²) in [6, 6.07) is 14.3. The normalized spacial score (nSPS) is 12.1. The first kappa shape index (κ1) is 21.1. The van der Waals surface area contributed by atoms with Crippen molar-refractivity contribution >= 4 is 11.0 Å². The van der Waals surface area contributed by atoms with Crippen molar-refractivity contribution in [2.45, 2.75) is 34.1 Å². The van der Waals surface area contributed by atoms with Crippen LogP contribution in [0.4, 0.5) is 0 Å². The van der Waals surface area contributed by atoms with E-state index in [4.69, 9.17) is 14.1 Å². The van der Waals surface area contributed by atoms with Crippen molar-refractivity contribution in [1.82, 2.24) is 4.90 Å². The average molecular weight is 393 g/mol. The summed E-state index contributed by atoms with van der Waals surface area (Å²) in [6.07, 6.45) is 1.05. The van der Waals surface area contributed by atoms with E-state index in [2.05, 4.69) is 50.8 Å². The van der Waals surface area contributed by atoms with E-state index in [1.807, 2.05) is 24.3 Å². The second-order valence-electron chi connectivity index (χ2n) is 7.44. The molecular formula is C25H32N2O2. The van der Waals surface area contributed by atoms with Gasteiger partial charge in [-0.2, -0.15) is 0 Å². The van der Waals surface area contributed by atoms with Crippen LogP contribution in [0.3, 0.4) is 0 Å². The van der Waals surface area contributed by atoms with Gasteiger partial charge in [0.05, 0.1) is 12.5 Å². The third kappa shape index (κ3) is 5.07. The van der Waals surface area contributed by atoms with Gasteiger partial charge in [0, 0.05) is 23.6 Å². The van der Waals surface area contributed by atoms with Crippen molar-refractivity contribution in [1.29, 1.82) is 0 Å². The van der Waals surface area contributed by atoms with Crippen LogP contribution in [0.25, 0.3) is 22.3 Å². The molecule has 29 heavy (non-hydrogen) atoms. The maximum Gasteiger partial charge on any atom is 0.137 e. The van der Waals surface area contributed by atoms with Crippen LogP contribution in [-0.4, -0.2) is 38.2 Å². The molecule has 0 saturated heterocycles. The summed E-state index contributed by atoms with van der Waals surface area (Å²) in [6.45, 7) is 12.7. The first-order chi connectivity index (χ1) is 14.0. The summed E-state index contributed by atoms with van der Waals surface area (Å²) >= 11 is 0.